The Morgan fingerprint density at radius 2 is 1.93 bits per heavy atom. The lowest BCUT2D eigenvalue weighted by atomic mass is 10.3. The molecule has 0 atom stereocenters. The SMILES string of the molecule is CC(=O)CC(=O)N(C)CC(=O)NC1CC1. The molecule has 0 radical (unpaired) electrons. The van der Waals surface area contributed by atoms with Gasteiger partial charge in [0.25, 0.3) is 0 Å². The molecule has 0 aromatic carbocycles. The Balaban J connectivity index is 2.26. The van der Waals surface area contributed by atoms with Gasteiger partial charge in [0.2, 0.25) is 11.8 Å². The zero-order valence-electron chi connectivity index (χ0n) is 9.08. The number of nitrogens with one attached hydrogen (secondary N) is 1. The second-order valence-corrected chi connectivity index (χ2v) is 3.97. The van der Waals surface area contributed by atoms with Gasteiger partial charge in [-0.3, -0.25) is 14.4 Å². The number of amides is 2. The van der Waals surface area contributed by atoms with Crippen molar-refractivity contribution in [3.05, 3.63) is 0 Å². The average Bonchev–Trinajstić information content (AvgIpc) is 2.86. The average molecular weight is 212 g/mol. The van der Waals surface area contributed by atoms with E-state index in [0.717, 1.165) is 12.8 Å². The van der Waals surface area contributed by atoms with Crippen LogP contribution in [0.2, 0.25) is 0 Å². The van der Waals surface area contributed by atoms with Gasteiger partial charge in [0.1, 0.15) is 5.78 Å². The van der Waals surface area contributed by atoms with Crippen molar-refractivity contribution in [2.24, 2.45) is 0 Å². The third-order valence-electron chi connectivity index (χ3n) is 2.15. The Hall–Kier alpha value is -1.39. The molecule has 15 heavy (non-hydrogen) atoms. The fourth-order valence-electron chi connectivity index (χ4n) is 1.15. The van der Waals surface area contributed by atoms with Crippen LogP contribution in [0.4, 0.5) is 0 Å². The molecule has 0 aliphatic heterocycles. The summed E-state index contributed by atoms with van der Waals surface area (Å²) >= 11 is 0. The Morgan fingerprint density at radius 3 is 2.40 bits per heavy atom. The minimum Gasteiger partial charge on any atom is -0.352 e. The van der Waals surface area contributed by atoms with Crippen molar-refractivity contribution < 1.29 is 14.4 Å². The molecule has 0 bridgehead atoms. The van der Waals surface area contributed by atoms with E-state index in [1.54, 1.807) is 0 Å². The summed E-state index contributed by atoms with van der Waals surface area (Å²) < 4.78 is 0. The van der Waals surface area contributed by atoms with Gasteiger partial charge in [-0.1, -0.05) is 0 Å². The molecule has 1 fully saturated rings. The summed E-state index contributed by atoms with van der Waals surface area (Å²) in [5, 5.41) is 2.78. The van der Waals surface area contributed by atoms with Gasteiger partial charge in [0, 0.05) is 13.1 Å². The molecule has 0 heterocycles. The molecule has 84 valence electrons. The van der Waals surface area contributed by atoms with Crippen LogP contribution in [0.15, 0.2) is 0 Å². The van der Waals surface area contributed by atoms with E-state index in [2.05, 4.69) is 5.32 Å². The molecule has 0 spiro atoms. The highest BCUT2D eigenvalue weighted by atomic mass is 16.2. The van der Waals surface area contributed by atoms with Gasteiger partial charge in [-0.25, -0.2) is 0 Å². The fraction of sp³-hybridized carbons (Fsp3) is 0.700. The van der Waals surface area contributed by atoms with Crippen molar-refractivity contribution in [2.75, 3.05) is 13.6 Å². The summed E-state index contributed by atoms with van der Waals surface area (Å²) in [6, 6.07) is 0.300. The standard InChI is InChI=1S/C10H16N2O3/c1-7(13)5-10(15)12(2)6-9(14)11-8-3-4-8/h8H,3-6H2,1-2H3,(H,11,14). The molecular weight excluding hydrogens is 196 g/mol. The maximum absolute atomic E-state index is 11.3. The smallest absolute Gasteiger partial charge is 0.239 e. The molecule has 1 aliphatic rings. The van der Waals surface area contributed by atoms with Gasteiger partial charge in [-0.2, -0.15) is 0 Å². The molecule has 5 nitrogen and oxygen atoms in total. The molecule has 1 saturated carbocycles. The summed E-state index contributed by atoms with van der Waals surface area (Å²) in [7, 11) is 1.53. The normalized spacial score (nSPS) is 14.5. The van der Waals surface area contributed by atoms with E-state index in [1.807, 2.05) is 0 Å². The van der Waals surface area contributed by atoms with Gasteiger partial charge in [-0.15, -0.1) is 0 Å². The largest absolute Gasteiger partial charge is 0.352 e. The summed E-state index contributed by atoms with van der Waals surface area (Å²) in [5.41, 5.74) is 0. The van der Waals surface area contributed by atoms with Gasteiger partial charge >= 0.3 is 0 Å². The molecule has 1 aliphatic carbocycles. The van der Waals surface area contributed by atoms with E-state index in [-0.39, 0.29) is 30.6 Å². The Labute approximate surface area is 88.8 Å². The van der Waals surface area contributed by atoms with Gasteiger partial charge in [0.15, 0.2) is 0 Å². The lowest BCUT2D eigenvalue weighted by Crippen LogP contribution is -2.39. The third-order valence-corrected chi connectivity index (χ3v) is 2.15. The van der Waals surface area contributed by atoms with Crippen LogP contribution in [0.5, 0.6) is 0 Å². The number of carbonyl (C=O) groups is 3. The molecule has 0 saturated heterocycles. The predicted molar refractivity (Wildman–Crippen MR) is 54.1 cm³/mol. The topological polar surface area (TPSA) is 66.5 Å². The lowest BCUT2D eigenvalue weighted by molar-refractivity contribution is -0.137. The van der Waals surface area contributed by atoms with Crippen LogP contribution in [0.25, 0.3) is 0 Å². The van der Waals surface area contributed by atoms with Crippen molar-refractivity contribution in [1.82, 2.24) is 10.2 Å². The maximum Gasteiger partial charge on any atom is 0.239 e. The predicted octanol–water partition coefficient (Wildman–Crippen LogP) is -0.297. The first-order valence-electron chi connectivity index (χ1n) is 5.02. The van der Waals surface area contributed by atoms with Crippen molar-refractivity contribution in [1.29, 1.82) is 0 Å². The fourth-order valence-corrected chi connectivity index (χ4v) is 1.15. The van der Waals surface area contributed by atoms with E-state index >= 15 is 0 Å². The summed E-state index contributed by atoms with van der Waals surface area (Å²) in [5.74, 6) is -0.653. The highest BCUT2D eigenvalue weighted by Gasteiger charge is 2.24. The quantitative estimate of drug-likeness (QED) is 0.636. The van der Waals surface area contributed by atoms with E-state index in [9.17, 15) is 14.4 Å². The number of ketones is 1. The van der Waals surface area contributed by atoms with Gasteiger partial charge < -0.3 is 10.2 Å². The zero-order chi connectivity index (χ0) is 11.4. The van der Waals surface area contributed by atoms with Crippen molar-refractivity contribution >= 4 is 17.6 Å². The van der Waals surface area contributed by atoms with Crippen LogP contribution in [0, 0.1) is 0 Å². The van der Waals surface area contributed by atoms with E-state index < -0.39 is 0 Å². The number of Topliss-reactive ketones (excluding diaryl/α,β-unsaturated/α-hetero) is 1. The van der Waals surface area contributed by atoms with Gasteiger partial charge in [0.05, 0.1) is 13.0 Å². The van der Waals surface area contributed by atoms with Crippen LogP contribution in [0.3, 0.4) is 0 Å². The first-order valence-corrected chi connectivity index (χ1v) is 5.02. The monoisotopic (exact) mass is 212 g/mol. The van der Waals surface area contributed by atoms with Crippen LogP contribution in [-0.4, -0.2) is 42.1 Å². The van der Waals surface area contributed by atoms with Gasteiger partial charge in [-0.05, 0) is 19.8 Å². The number of likely N-dealkylation sites (N-methyl/N-ethyl adjacent to an activating group) is 1. The molecule has 1 rings (SSSR count). The highest BCUT2D eigenvalue weighted by Crippen LogP contribution is 2.18. The highest BCUT2D eigenvalue weighted by molar-refractivity contribution is 5.97. The number of rotatable bonds is 5. The summed E-state index contributed by atoms with van der Waals surface area (Å²) in [6.45, 7) is 1.39. The van der Waals surface area contributed by atoms with Crippen molar-refractivity contribution in [3.8, 4) is 0 Å². The Bertz CT molecular complexity index is 284. The van der Waals surface area contributed by atoms with Crippen LogP contribution >= 0.6 is 0 Å². The minimum atomic E-state index is -0.312. The second kappa shape index (κ2) is 4.91. The number of hydrogen-bond acceptors (Lipinski definition) is 3. The van der Waals surface area contributed by atoms with E-state index in [0.29, 0.717) is 6.04 Å². The Morgan fingerprint density at radius 1 is 1.33 bits per heavy atom. The van der Waals surface area contributed by atoms with Crippen LogP contribution in [0.1, 0.15) is 26.2 Å². The molecular formula is C10H16N2O3. The van der Waals surface area contributed by atoms with Crippen molar-refractivity contribution in [2.45, 2.75) is 32.2 Å². The number of nitrogens with zero attached hydrogens (tertiary/aromatic N) is 1. The molecule has 1 N–H and O–H groups in total. The maximum atomic E-state index is 11.3. The molecule has 0 unspecified atom stereocenters. The zero-order valence-corrected chi connectivity index (χ0v) is 9.08. The summed E-state index contributed by atoms with van der Waals surface area (Å²) in [6.07, 6.45) is 1.92. The minimum absolute atomic E-state index is 0.0304. The first kappa shape index (κ1) is 11.7. The lowest BCUT2D eigenvalue weighted by Gasteiger charge is -2.15. The van der Waals surface area contributed by atoms with E-state index in [1.165, 1.54) is 18.9 Å². The van der Waals surface area contributed by atoms with Crippen LogP contribution in [-0.2, 0) is 14.4 Å². The molecule has 5 heteroatoms. The number of carbonyl (C=O) groups excluding carboxylic acids is 3. The third kappa shape index (κ3) is 4.58. The first-order chi connectivity index (χ1) is 6.99. The van der Waals surface area contributed by atoms with Crippen LogP contribution < -0.4 is 5.32 Å². The summed E-state index contributed by atoms with van der Waals surface area (Å²) in [4.78, 5) is 34.6. The molecule has 2 amide bonds. The second-order valence-electron chi connectivity index (χ2n) is 3.97. The van der Waals surface area contributed by atoms with E-state index in [4.69, 9.17) is 0 Å². The molecule has 0 aromatic rings. The Kier molecular flexibility index (Phi) is 3.82. The molecule has 0 aromatic heterocycles. The number of hydrogen-bond donors (Lipinski definition) is 1. The van der Waals surface area contributed by atoms with Crippen molar-refractivity contribution in [3.63, 3.8) is 0 Å².